The molecule has 116 valence electrons. The molecule has 2 rings (SSSR count). The quantitative estimate of drug-likeness (QED) is 0.647. The standard InChI is InChI=1S/C16H18Cl2N4/c1-11(14-6-5-12(17)10-15(14)18)22-16(19)21-9-7-13-4-2-3-8-20-13/h2-6,8,10-11H,7,9H2,1H3,(H3,19,21,22). The summed E-state index contributed by atoms with van der Waals surface area (Å²) in [6.45, 7) is 2.55. The number of hydrogen-bond acceptors (Lipinski definition) is 2. The Morgan fingerprint density at radius 3 is 2.82 bits per heavy atom. The van der Waals surface area contributed by atoms with Crippen molar-refractivity contribution in [1.82, 2.24) is 10.3 Å². The predicted molar refractivity (Wildman–Crippen MR) is 92.4 cm³/mol. The van der Waals surface area contributed by atoms with Crippen LogP contribution in [-0.2, 0) is 6.42 Å². The van der Waals surface area contributed by atoms with Gasteiger partial charge in [-0.2, -0.15) is 0 Å². The van der Waals surface area contributed by atoms with E-state index < -0.39 is 0 Å². The van der Waals surface area contributed by atoms with Crippen LogP contribution < -0.4 is 11.1 Å². The monoisotopic (exact) mass is 336 g/mol. The SMILES string of the molecule is CC(NC(N)=NCCc1ccccn1)c1ccc(Cl)cc1Cl. The van der Waals surface area contributed by atoms with E-state index in [4.69, 9.17) is 28.9 Å². The van der Waals surface area contributed by atoms with Crippen LogP contribution in [0.4, 0.5) is 0 Å². The van der Waals surface area contributed by atoms with Gasteiger partial charge in [0.05, 0.1) is 6.04 Å². The van der Waals surface area contributed by atoms with E-state index in [0.717, 1.165) is 17.7 Å². The lowest BCUT2D eigenvalue weighted by Gasteiger charge is -2.16. The van der Waals surface area contributed by atoms with Gasteiger partial charge in [0.1, 0.15) is 0 Å². The van der Waals surface area contributed by atoms with Crippen LogP contribution >= 0.6 is 23.2 Å². The minimum Gasteiger partial charge on any atom is -0.370 e. The van der Waals surface area contributed by atoms with Crippen LogP contribution in [0, 0.1) is 0 Å². The van der Waals surface area contributed by atoms with Crippen LogP contribution in [0.25, 0.3) is 0 Å². The summed E-state index contributed by atoms with van der Waals surface area (Å²) in [4.78, 5) is 8.55. The zero-order valence-corrected chi connectivity index (χ0v) is 13.8. The molecule has 1 unspecified atom stereocenters. The van der Waals surface area contributed by atoms with E-state index in [-0.39, 0.29) is 6.04 Å². The first kappa shape index (κ1) is 16.6. The van der Waals surface area contributed by atoms with E-state index >= 15 is 0 Å². The smallest absolute Gasteiger partial charge is 0.189 e. The fraction of sp³-hybridized carbons (Fsp3) is 0.250. The molecule has 1 atom stereocenters. The summed E-state index contributed by atoms with van der Waals surface area (Å²) in [5.74, 6) is 0.384. The Labute approximate surface area is 140 Å². The Balaban J connectivity index is 1.90. The van der Waals surface area contributed by atoms with Crippen molar-refractivity contribution in [3.8, 4) is 0 Å². The molecular formula is C16H18Cl2N4. The van der Waals surface area contributed by atoms with Crippen molar-refractivity contribution in [3.05, 3.63) is 63.9 Å². The van der Waals surface area contributed by atoms with Crippen molar-refractivity contribution in [2.75, 3.05) is 6.54 Å². The van der Waals surface area contributed by atoms with E-state index in [1.54, 1.807) is 18.3 Å². The Bertz CT molecular complexity index is 644. The van der Waals surface area contributed by atoms with Gasteiger partial charge in [0.15, 0.2) is 5.96 Å². The van der Waals surface area contributed by atoms with Crippen molar-refractivity contribution in [3.63, 3.8) is 0 Å². The van der Waals surface area contributed by atoms with E-state index in [9.17, 15) is 0 Å². The second-order valence-electron chi connectivity index (χ2n) is 4.87. The summed E-state index contributed by atoms with van der Waals surface area (Å²) >= 11 is 12.1. The topological polar surface area (TPSA) is 63.3 Å². The molecule has 4 nitrogen and oxygen atoms in total. The van der Waals surface area contributed by atoms with Gasteiger partial charge >= 0.3 is 0 Å². The van der Waals surface area contributed by atoms with Crippen LogP contribution in [-0.4, -0.2) is 17.5 Å². The molecule has 1 heterocycles. The molecule has 0 amide bonds. The Hall–Kier alpha value is -1.78. The largest absolute Gasteiger partial charge is 0.370 e. The molecule has 0 fully saturated rings. The number of halogens is 2. The van der Waals surface area contributed by atoms with Crippen LogP contribution in [0.15, 0.2) is 47.6 Å². The van der Waals surface area contributed by atoms with E-state index in [2.05, 4.69) is 15.3 Å². The molecule has 0 spiro atoms. The van der Waals surface area contributed by atoms with Crippen LogP contribution in [0.5, 0.6) is 0 Å². The number of aromatic nitrogens is 1. The number of aliphatic imine (C=N–C) groups is 1. The van der Waals surface area contributed by atoms with Crippen LogP contribution in [0.1, 0.15) is 24.2 Å². The van der Waals surface area contributed by atoms with E-state index in [1.165, 1.54) is 0 Å². The van der Waals surface area contributed by atoms with Gasteiger partial charge in [0.2, 0.25) is 0 Å². The molecule has 0 aliphatic carbocycles. The minimum absolute atomic E-state index is 0.0524. The molecule has 0 saturated carbocycles. The maximum atomic E-state index is 6.18. The summed E-state index contributed by atoms with van der Waals surface area (Å²) in [6, 6.07) is 11.2. The number of hydrogen-bond donors (Lipinski definition) is 2. The molecule has 0 radical (unpaired) electrons. The van der Waals surface area contributed by atoms with Crippen molar-refractivity contribution >= 4 is 29.2 Å². The zero-order chi connectivity index (χ0) is 15.9. The molecule has 1 aromatic carbocycles. The molecule has 3 N–H and O–H groups in total. The van der Waals surface area contributed by atoms with Gasteiger partial charge in [-0.3, -0.25) is 9.98 Å². The number of nitrogens with one attached hydrogen (secondary N) is 1. The van der Waals surface area contributed by atoms with E-state index in [1.807, 2.05) is 31.2 Å². The van der Waals surface area contributed by atoms with Gasteiger partial charge in [0.25, 0.3) is 0 Å². The fourth-order valence-corrected chi connectivity index (χ4v) is 2.61. The molecule has 0 bridgehead atoms. The second kappa shape index (κ2) is 8.01. The molecule has 6 heteroatoms. The third kappa shape index (κ3) is 4.90. The Morgan fingerprint density at radius 1 is 1.32 bits per heavy atom. The predicted octanol–water partition coefficient (Wildman–Crippen LogP) is 3.60. The number of guanidine groups is 1. The average Bonchev–Trinajstić information content (AvgIpc) is 2.48. The maximum absolute atomic E-state index is 6.18. The van der Waals surface area contributed by atoms with Gasteiger partial charge in [-0.15, -0.1) is 0 Å². The Kier molecular flexibility index (Phi) is 6.04. The van der Waals surface area contributed by atoms with Gasteiger partial charge in [-0.1, -0.05) is 35.3 Å². The lowest BCUT2D eigenvalue weighted by atomic mass is 10.1. The minimum atomic E-state index is -0.0524. The fourth-order valence-electron chi connectivity index (χ4n) is 2.03. The molecule has 22 heavy (non-hydrogen) atoms. The van der Waals surface area contributed by atoms with Crippen molar-refractivity contribution < 1.29 is 0 Å². The zero-order valence-electron chi connectivity index (χ0n) is 12.3. The van der Waals surface area contributed by atoms with Crippen molar-refractivity contribution in [2.24, 2.45) is 10.7 Å². The molecule has 0 aliphatic rings. The molecule has 0 saturated heterocycles. The third-order valence-corrected chi connectivity index (χ3v) is 3.73. The van der Waals surface area contributed by atoms with Gasteiger partial charge < -0.3 is 11.1 Å². The average molecular weight is 337 g/mol. The summed E-state index contributed by atoms with van der Waals surface area (Å²) < 4.78 is 0. The van der Waals surface area contributed by atoms with Gasteiger partial charge in [-0.25, -0.2) is 0 Å². The molecule has 1 aromatic heterocycles. The molecule has 2 aromatic rings. The first-order valence-corrected chi connectivity index (χ1v) is 7.73. The first-order valence-electron chi connectivity index (χ1n) is 6.97. The van der Waals surface area contributed by atoms with Gasteiger partial charge in [-0.05, 0) is 36.8 Å². The van der Waals surface area contributed by atoms with E-state index in [0.29, 0.717) is 22.5 Å². The number of pyridine rings is 1. The lowest BCUT2D eigenvalue weighted by Crippen LogP contribution is -2.34. The number of rotatable bonds is 5. The van der Waals surface area contributed by atoms with Crippen LogP contribution in [0.2, 0.25) is 10.0 Å². The highest BCUT2D eigenvalue weighted by atomic mass is 35.5. The van der Waals surface area contributed by atoms with Crippen LogP contribution in [0.3, 0.4) is 0 Å². The highest BCUT2D eigenvalue weighted by Crippen LogP contribution is 2.25. The number of nitrogens with zero attached hydrogens (tertiary/aromatic N) is 2. The third-order valence-electron chi connectivity index (χ3n) is 3.17. The number of benzene rings is 1. The normalized spacial score (nSPS) is 13.0. The van der Waals surface area contributed by atoms with Crippen molar-refractivity contribution in [2.45, 2.75) is 19.4 Å². The summed E-state index contributed by atoms with van der Waals surface area (Å²) in [5.41, 5.74) is 7.82. The maximum Gasteiger partial charge on any atom is 0.189 e. The van der Waals surface area contributed by atoms with Gasteiger partial charge in [0, 0.05) is 34.9 Å². The summed E-state index contributed by atoms with van der Waals surface area (Å²) in [5, 5.41) is 4.34. The highest BCUT2D eigenvalue weighted by Gasteiger charge is 2.10. The first-order chi connectivity index (χ1) is 10.6. The summed E-state index contributed by atoms with van der Waals surface area (Å²) in [7, 11) is 0. The number of nitrogens with two attached hydrogens (primary N) is 1. The lowest BCUT2D eigenvalue weighted by molar-refractivity contribution is 0.707. The second-order valence-corrected chi connectivity index (χ2v) is 5.71. The molecule has 0 aliphatic heterocycles. The summed E-state index contributed by atoms with van der Waals surface area (Å²) in [6.07, 6.45) is 2.52. The highest BCUT2D eigenvalue weighted by molar-refractivity contribution is 6.35. The van der Waals surface area contributed by atoms with Crippen molar-refractivity contribution in [1.29, 1.82) is 0 Å². The molecular weight excluding hydrogens is 319 g/mol. The Morgan fingerprint density at radius 2 is 2.14 bits per heavy atom.